The van der Waals surface area contributed by atoms with Gasteiger partial charge >= 0.3 is 0 Å². The lowest BCUT2D eigenvalue weighted by molar-refractivity contribution is 1.07. The first-order chi connectivity index (χ1) is 32.5. The van der Waals surface area contributed by atoms with Crippen molar-refractivity contribution in [2.24, 2.45) is 0 Å². The van der Waals surface area contributed by atoms with Gasteiger partial charge in [0, 0.05) is 49.5 Å². The molecule has 0 saturated carbocycles. The maximum absolute atomic E-state index is 10.5. The molecule has 0 aliphatic carbocycles. The Labute approximate surface area is 377 Å². The fourth-order valence-electron chi connectivity index (χ4n) is 8.90. The van der Waals surface area contributed by atoms with Gasteiger partial charge in [-0.3, -0.25) is 0 Å². The summed E-state index contributed by atoms with van der Waals surface area (Å²) < 4.78 is 4.21. The highest BCUT2D eigenvalue weighted by atomic mass is 15.0. The molecule has 66 heavy (non-hydrogen) atoms. The first kappa shape index (κ1) is 38.7. The molecule has 0 bridgehead atoms. The molecule has 3 aromatic heterocycles. The first-order valence-electron chi connectivity index (χ1n) is 20.8. The number of fused-ring (bicyclic) bond motifs is 6. The summed E-state index contributed by atoms with van der Waals surface area (Å²) in [5.41, 5.74) is 10.7. The van der Waals surface area contributed by atoms with Gasteiger partial charge in [0.1, 0.15) is 0 Å². The highest BCUT2D eigenvalue weighted by Crippen LogP contribution is 2.43. The van der Waals surface area contributed by atoms with E-state index in [2.05, 4.69) is 45.5 Å². The zero-order valence-corrected chi connectivity index (χ0v) is 34.6. The normalized spacial score (nSPS) is 11.0. The van der Waals surface area contributed by atoms with E-state index in [1.54, 1.807) is 30.3 Å². The van der Waals surface area contributed by atoms with Crippen LogP contribution < -0.4 is 0 Å². The molecular weight excluding hydrogens is 813 g/mol. The standard InChI is InChI=1S/C56H28N10/c57-29-34-13-20-51(66-52-21-14-37(32-60)26-47(52)48-27-38(33-61)15-22-53(48)66)44(23-34)43-28-41(65-49-18-11-35(30-58)24-45(49)46-25-36(31-59)12-19-50(46)65)16-17-42(43)56-63-54(39-7-3-1-4-8-39)62-55(64-56)40-9-5-2-6-10-40/h1-28H. The fourth-order valence-corrected chi connectivity index (χ4v) is 8.90. The number of aromatic nitrogens is 5. The van der Waals surface area contributed by atoms with Crippen LogP contribution in [0.15, 0.2) is 170 Å². The van der Waals surface area contributed by atoms with Crippen LogP contribution in [0.2, 0.25) is 0 Å². The lowest BCUT2D eigenvalue weighted by Crippen LogP contribution is -2.04. The second-order valence-electron chi connectivity index (χ2n) is 15.7. The van der Waals surface area contributed by atoms with Crippen molar-refractivity contribution in [3.05, 3.63) is 198 Å². The van der Waals surface area contributed by atoms with Crippen molar-refractivity contribution >= 4 is 43.6 Å². The number of nitrogens with zero attached hydrogens (tertiary/aromatic N) is 10. The van der Waals surface area contributed by atoms with Gasteiger partial charge in [-0.25, -0.2) is 15.0 Å². The van der Waals surface area contributed by atoms with Crippen molar-refractivity contribution in [1.29, 1.82) is 26.3 Å². The Morgan fingerprint density at radius 3 is 1.15 bits per heavy atom. The third-order valence-electron chi connectivity index (χ3n) is 11.9. The van der Waals surface area contributed by atoms with Crippen molar-refractivity contribution in [1.82, 2.24) is 24.1 Å². The summed E-state index contributed by atoms with van der Waals surface area (Å²) in [5.74, 6) is 1.36. The first-order valence-corrected chi connectivity index (χ1v) is 20.8. The van der Waals surface area contributed by atoms with E-state index in [0.717, 1.165) is 66.1 Å². The molecule has 0 fully saturated rings. The van der Waals surface area contributed by atoms with E-state index in [9.17, 15) is 26.3 Å². The Morgan fingerprint density at radius 2 is 0.712 bits per heavy atom. The molecule has 0 aliphatic heterocycles. The molecule has 8 aromatic carbocycles. The summed E-state index contributed by atoms with van der Waals surface area (Å²) in [7, 11) is 0. The van der Waals surface area contributed by atoms with Crippen LogP contribution in [0.4, 0.5) is 0 Å². The maximum Gasteiger partial charge on any atom is 0.164 e. The molecule has 0 unspecified atom stereocenters. The van der Waals surface area contributed by atoms with E-state index >= 15 is 0 Å². The fraction of sp³-hybridized carbons (Fsp3) is 0. The molecule has 11 rings (SSSR count). The van der Waals surface area contributed by atoms with Gasteiger partial charge in [0.15, 0.2) is 17.5 Å². The predicted molar refractivity (Wildman–Crippen MR) is 254 cm³/mol. The third-order valence-corrected chi connectivity index (χ3v) is 11.9. The van der Waals surface area contributed by atoms with Gasteiger partial charge in [0.25, 0.3) is 0 Å². The molecule has 0 radical (unpaired) electrons. The number of nitriles is 5. The van der Waals surface area contributed by atoms with E-state index in [1.807, 2.05) is 133 Å². The highest BCUT2D eigenvalue weighted by Gasteiger charge is 2.23. The SMILES string of the molecule is N#Cc1ccc(-n2c3ccc(C#N)cc3c3cc(C#N)ccc32)c(-c2cc(-n3c4ccc(C#N)cc4c4cc(C#N)ccc43)ccc2-c2nc(-c3ccccc3)nc(-c3ccccc3)n2)c1. The molecular formula is C56H28N10. The number of rotatable bonds is 6. The van der Waals surface area contributed by atoms with Crippen LogP contribution in [-0.4, -0.2) is 24.1 Å². The molecule has 0 N–H and O–H groups in total. The quantitative estimate of drug-likeness (QED) is 0.159. The summed E-state index contributed by atoms with van der Waals surface area (Å²) in [5, 5.41) is 53.5. The van der Waals surface area contributed by atoms with Gasteiger partial charge in [-0.2, -0.15) is 26.3 Å². The molecule has 0 aliphatic rings. The van der Waals surface area contributed by atoms with Crippen molar-refractivity contribution in [2.45, 2.75) is 0 Å². The summed E-state index contributed by atoms with van der Waals surface area (Å²) in [6, 6.07) is 64.7. The average Bonchev–Trinajstić information content (AvgIpc) is 3.89. The van der Waals surface area contributed by atoms with Crippen molar-refractivity contribution in [3.63, 3.8) is 0 Å². The van der Waals surface area contributed by atoms with E-state index < -0.39 is 0 Å². The van der Waals surface area contributed by atoms with Gasteiger partial charge in [-0.1, -0.05) is 60.7 Å². The van der Waals surface area contributed by atoms with Gasteiger partial charge in [-0.15, -0.1) is 0 Å². The summed E-state index contributed by atoms with van der Waals surface area (Å²) >= 11 is 0. The minimum absolute atomic E-state index is 0.400. The highest BCUT2D eigenvalue weighted by molar-refractivity contribution is 6.12. The zero-order valence-electron chi connectivity index (χ0n) is 34.6. The Hall–Kier alpha value is -10.2. The Balaban J connectivity index is 1.27. The predicted octanol–water partition coefficient (Wildman–Crippen LogP) is 12.1. The van der Waals surface area contributed by atoms with Crippen LogP contribution in [0.5, 0.6) is 0 Å². The topological polar surface area (TPSA) is 167 Å². The Morgan fingerprint density at radius 1 is 0.318 bits per heavy atom. The lowest BCUT2D eigenvalue weighted by Gasteiger charge is -2.19. The van der Waals surface area contributed by atoms with Crippen LogP contribution in [0.25, 0.3) is 100 Å². The number of hydrogen-bond donors (Lipinski definition) is 0. The summed E-state index contributed by atoms with van der Waals surface area (Å²) in [4.78, 5) is 15.3. The Kier molecular flexibility index (Phi) is 9.17. The second kappa shape index (κ2) is 15.6. The number of hydrogen-bond acceptors (Lipinski definition) is 8. The van der Waals surface area contributed by atoms with E-state index in [0.29, 0.717) is 62.0 Å². The van der Waals surface area contributed by atoms with Crippen LogP contribution in [0.1, 0.15) is 27.8 Å². The third kappa shape index (κ3) is 6.35. The number of benzene rings is 8. The second-order valence-corrected chi connectivity index (χ2v) is 15.7. The van der Waals surface area contributed by atoms with Crippen molar-refractivity contribution in [2.75, 3.05) is 0 Å². The largest absolute Gasteiger partial charge is 0.309 e. The molecule has 3 heterocycles. The van der Waals surface area contributed by atoms with E-state index in [4.69, 9.17) is 15.0 Å². The minimum Gasteiger partial charge on any atom is -0.309 e. The molecule has 0 saturated heterocycles. The lowest BCUT2D eigenvalue weighted by atomic mass is 9.94. The summed E-state index contributed by atoms with van der Waals surface area (Å²) in [6.07, 6.45) is 0. The molecule has 302 valence electrons. The van der Waals surface area contributed by atoms with Gasteiger partial charge in [0.05, 0.1) is 85.9 Å². The molecule has 0 amide bonds. The van der Waals surface area contributed by atoms with Crippen LogP contribution in [0, 0.1) is 56.7 Å². The van der Waals surface area contributed by atoms with Crippen molar-refractivity contribution in [3.8, 4) is 87.0 Å². The summed E-state index contributed by atoms with van der Waals surface area (Å²) in [6.45, 7) is 0. The Bertz CT molecular complexity index is 3850. The van der Waals surface area contributed by atoms with Gasteiger partial charge < -0.3 is 9.13 Å². The average molecular weight is 841 g/mol. The molecule has 10 heteroatoms. The van der Waals surface area contributed by atoms with Crippen LogP contribution in [0.3, 0.4) is 0 Å². The van der Waals surface area contributed by atoms with Gasteiger partial charge in [0.2, 0.25) is 0 Å². The molecule has 0 atom stereocenters. The zero-order chi connectivity index (χ0) is 44.9. The van der Waals surface area contributed by atoms with Crippen LogP contribution in [-0.2, 0) is 0 Å². The van der Waals surface area contributed by atoms with Crippen LogP contribution >= 0.6 is 0 Å². The molecule has 10 nitrogen and oxygen atoms in total. The van der Waals surface area contributed by atoms with E-state index in [-0.39, 0.29) is 0 Å². The smallest absolute Gasteiger partial charge is 0.164 e. The molecule has 11 aromatic rings. The van der Waals surface area contributed by atoms with Crippen molar-refractivity contribution < 1.29 is 0 Å². The maximum atomic E-state index is 10.5. The van der Waals surface area contributed by atoms with E-state index in [1.165, 1.54) is 0 Å². The van der Waals surface area contributed by atoms with Gasteiger partial charge in [-0.05, 0) is 115 Å². The minimum atomic E-state index is 0.400. The monoisotopic (exact) mass is 840 g/mol. The molecule has 0 spiro atoms.